The summed E-state index contributed by atoms with van der Waals surface area (Å²) in [6, 6.07) is 10.9. The van der Waals surface area contributed by atoms with E-state index in [1.54, 1.807) is 30.3 Å². The third-order valence-electron chi connectivity index (χ3n) is 4.81. The number of ether oxygens (including phenoxy) is 2. The Morgan fingerprint density at radius 2 is 1.80 bits per heavy atom. The van der Waals surface area contributed by atoms with Crippen molar-refractivity contribution >= 4 is 28.9 Å². The fourth-order valence-electron chi connectivity index (χ4n) is 3.28. The number of methoxy groups -OCH3 is 1. The zero-order chi connectivity index (χ0) is 21.5. The van der Waals surface area contributed by atoms with Crippen molar-refractivity contribution in [2.45, 2.75) is 19.3 Å². The van der Waals surface area contributed by atoms with Crippen molar-refractivity contribution in [2.24, 2.45) is 0 Å². The Morgan fingerprint density at radius 1 is 1.10 bits per heavy atom. The molecule has 1 heterocycles. The van der Waals surface area contributed by atoms with E-state index in [9.17, 15) is 19.7 Å². The molecule has 158 valence electrons. The highest BCUT2D eigenvalue weighted by atomic mass is 16.6. The van der Waals surface area contributed by atoms with E-state index in [4.69, 9.17) is 9.47 Å². The predicted molar refractivity (Wildman–Crippen MR) is 111 cm³/mol. The van der Waals surface area contributed by atoms with Gasteiger partial charge in [-0.25, -0.2) is 4.79 Å². The second kappa shape index (κ2) is 9.73. The second-order valence-corrected chi connectivity index (χ2v) is 6.86. The number of nitrogens with one attached hydrogen (secondary N) is 1. The van der Waals surface area contributed by atoms with Gasteiger partial charge in [-0.05, 0) is 55.7 Å². The van der Waals surface area contributed by atoms with E-state index in [1.165, 1.54) is 19.2 Å². The molecule has 3 rings (SSSR count). The zero-order valence-electron chi connectivity index (χ0n) is 16.6. The van der Waals surface area contributed by atoms with E-state index < -0.39 is 23.4 Å². The maximum Gasteiger partial charge on any atom is 0.338 e. The van der Waals surface area contributed by atoms with E-state index in [-0.39, 0.29) is 11.3 Å². The molecule has 0 saturated carbocycles. The number of nitro groups is 1. The molecule has 9 nitrogen and oxygen atoms in total. The van der Waals surface area contributed by atoms with Crippen LogP contribution < -0.4 is 15.0 Å². The van der Waals surface area contributed by atoms with Gasteiger partial charge in [0.05, 0.1) is 17.6 Å². The molecular weight excluding hydrogens is 390 g/mol. The predicted octanol–water partition coefficient (Wildman–Crippen LogP) is 3.39. The van der Waals surface area contributed by atoms with Crippen molar-refractivity contribution in [3.05, 3.63) is 58.1 Å². The highest BCUT2D eigenvalue weighted by molar-refractivity contribution is 5.96. The molecule has 1 aliphatic rings. The van der Waals surface area contributed by atoms with E-state index in [2.05, 4.69) is 5.32 Å². The van der Waals surface area contributed by atoms with Gasteiger partial charge >= 0.3 is 5.97 Å². The lowest BCUT2D eigenvalue weighted by atomic mass is 10.1. The molecule has 9 heteroatoms. The number of rotatable bonds is 7. The Morgan fingerprint density at radius 3 is 2.43 bits per heavy atom. The number of hydrogen-bond acceptors (Lipinski definition) is 7. The standard InChI is InChI=1S/C21H23N3O6/c1-29-17-8-6-16(7-9-17)22-20(25)14-30-21(26)15-5-10-18(19(13-15)24(27)28)23-11-3-2-4-12-23/h5-10,13H,2-4,11-12,14H2,1H3,(H,22,25). The smallest absolute Gasteiger partial charge is 0.338 e. The van der Waals surface area contributed by atoms with Crippen LogP contribution in [0.4, 0.5) is 17.1 Å². The Kier molecular flexibility index (Phi) is 6.84. The molecular formula is C21H23N3O6. The molecule has 0 atom stereocenters. The second-order valence-electron chi connectivity index (χ2n) is 6.86. The van der Waals surface area contributed by atoms with Gasteiger partial charge in [-0.3, -0.25) is 14.9 Å². The number of carbonyl (C=O) groups excluding carboxylic acids is 2. The lowest BCUT2D eigenvalue weighted by Gasteiger charge is -2.28. The summed E-state index contributed by atoms with van der Waals surface area (Å²) in [6.45, 7) is 0.985. The molecule has 2 aromatic rings. The number of anilines is 2. The molecule has 0 aromatic heterocycles. The SMILES string of the molecule is COc1ccc(NC(=O)COC(=O)c2ccc(N3CCCCC3)c([N+](=O)[O-])c2)cc1. The molecule has 1 amide bonds. The summed E-state index contributed by atoms with van der Waals surface area (Å²) < 4.78 is 10.1. The first-order valence-corrected chi connectivity index (χ1v) is 9.62. The quantitative estimate of drug-likeness (QED) is 0.421. The first-order valence-electron chi connectivity index (χ1n) is 9.62. The summed E-state index contributed by atoms with van der Waals surface area (Å²) in [7, 11) is 1.54. The summed E-state index contributed by atoms with van der Waals surface area (Å²) in [6.07, 6.45) is 3.06. The van der Waals surface area contributed by atoms with Crippen molar-refractivity contribution in [2.75, 3.05) is 37.0 Å². The monoisotopic (exact) mass is 413 g/mol. The topological polar surface area (TPSA) is 111 Å². The average Bonchev–Trinajstić information content (AvgIpc) is 2.78. The third kappa shape index (κ3) is 5.25. The van der Waals surface area contributed by atoms with Gasteiger partial charge in [0.1, 0.15) is 11.4 Å². The number of amides is 1. The van der Waals surface area contributed by atoms with E-state index in [0.717, 1.165) is 32.4 Å². The summed E-state index contributed by atoms with van der Waals surface area (Å²) in [4.78, 5) is 37.3. The lowest BCUT2D eigenvalue weighted by Crippen LogP contribution is -2.30. The Labute approximate surface area is 173 Å². The number of carbonyl (C=O) groups is 2. The summed E-state index contributed by atoms with van der Waals surface area (Å²) in [5.41, 5.74) is 0.903. The van der Waals surface area contributed by atoms with E-state index >= 15 is 0 Å². The summed E-state index contributed by atoms with van der Waals surface area (Å²) in [5, 5.41) is 14.1. The average molecular weight is 413 g/mol. The van der Waals surface area contributed by atoms with Gasteiger partial charge in [0.15, 0.2) is 6.61 Å². The summed E-state index contributed by atoms with van der Waals surface area (Å²) in [5.74, 6) is -0.671. The molecule has 0 aliphatic carbocycles. The van der Waals surface area contributed by atoms with Crippen LogP contribution in [0.1, 0.15) is 29.6 Å². The van der Waals surface area contributed by atoms with Gasteiger partial charge in [0.25, 0.3) is 11.6 Å². The van der Waals surface area contributed by atoms with Gasteiger partial charge < -0.3 is 19.7 Å². The van der Waals surface area contributed by atoms with Crippen LogP contribution in [0.5, 0.6) is 5.75 Å². The van der Waals surface area contributed by atoms with Crippen LogP contribution in [0.25, 0.3) is 0 Å². The first-order chi connectivity index (χ1) is 14.5. The zero-order valence-corrected chi connectivity index (χ0v) is 16.6. The van der Waals surface area contributed by atoms with Gasteiger partial charge in [-0.1, -0.05) is 0 Å². The normalized spacial score (nSPS) is 13.4. The maximum atomic E-state index is 12.3. The van der Waals surface area contributed by atoms with Gasteiger partial charge in [-0.15, -0.1) is 0 Å². The molecule has 0 radical (unpaired) electrons. The number of hydrogen-bond donors (Lipinski definition) is 1. The van der Waals surface area contributed by atoms with Crippen molar-refractivity contribution < 1.29 is 24.0 Å². The Hall–Kier alpha value is -3.62. The van der Waals surface area contributed by atoms with Crippen LogP contribution in [0.2, 0.25) is 0 Å². The van der Waals surface area contributed by atoms with E-state index in [0.29, 0.717) is 17.1 Å². The van der Waals surface area contributed by atoms with E-state index in [1.807, 2.05) is 4.90 Å². The molecule has 1 N–H and O–H groups in total. The molecule has 0 unspecified atom stereocenters. The van der Waals surface area contributed by atoms with Crippen LogP contribution in [0.3, 0.4) is 0 Å². The molecule has 1 saturated heterocycles. The third-order valence-corrected chi connectivity index (χ3v) is 4.81. The number of nitro benzene ring substituents is 1. The van der Waals surface area contributed by atoms with Crippen molar-refractivity contribution in [3.8, 4) is 5.75 Å². The van der Waals surface area contributed by atoms with Gasteiger partial charge in [0, 0.05) is 24.8 Å². The van der Waals surface area contributed by atoms with Crippen LogP contribution in [0.15, 0.2) is 42.5 Å². The fourth-order valence-corrected chi connectivity index (χ4v) is 3.28. The highest BCUT2D eigenvalue weighted by Gasteiger charge is 2.23. The first kappa shape index (κ1) is 21.1. The van der Waals surface area contributed by atoms with Crippen LogP contribution in [0, 0.1) is 10.1 Å². The number of esters is 1. The van der Waals surface area contributed by atoms with Crippen molar-refractivity contribution in [3.63, 3.8) is 0 Å². The largest absolute Gasteiger partial charge is 0.497 e. The Bertz CT molecular complexity index is 923. The fraction of sp³-hybridized carbons (Fsp3) is 0.333. The molecule has 1 aliphatic heterocycles. The number of nitrogens with zero attached hydrogens (tertiary/aromatic N) is 2. The molecule has 30 heavy (non-hydrogen) atoms. The highest BCUT2D eigenvalue weighted by Crippen LogP contribution is 2.31. The van der Waals surface area contributed by atoms with Crippen LogP contribution in [-0.2, 0) is 9.53 Å². The van der Waals surface area contributed by atoms with Gasteiger partial charge in [-0.2, -0.15) is 0 Å². The molecule has 0 bridgehead atoms. The van der Waals surface area contributed by atoms with Crippen molar-refractivity contribution in [1.82, 2.24) is 0 Å². The molecule has 2 aromatic carbocycles. The minimum Gasteiger partial charge on any atom is -0.497 e. The molecule has 1 fully saturated rings. The van der Waals surface area contributed by atoms with Gasteiger partial charge in [0.2, 0.25) is 0 Å². The number of piperidine rings is 1. The number of benzene rings is 2. The van der Waals surface area contributed by atoms with Crippen LogP contribution in [-0.4, -0.2) is 43.6 Å². The maximum absolute atomic E-state index is 12.3. The minimum atomic E-state index is -0.798. The lowest BCUT2D eigenvalue weighted by molar-refractivity contribution is -0.384. The van der Waals surface area contributed by atoms with Crippen LogP contribution >= 0.6 is 0 Å². The Balaban J connectivity index is 1.62. The van der Waals surface area contributed by atoms with Crippen molar-refractivity contribution in [1.29, 1.82) is 0 Å². The molecule has 0 spiro atoms. The summed E-state index contributed by atoms with van der Waals surface area (Å²) >= 11 is 0. The minimum absolute atomic E-state index is 0.0275.